The number of carbonyl (C=O) groups excluding carboxylic acids is 2. The molecule has 0 fully saturated rings. The first-order chi connectivity index (χ1) is 10.5. The Morgan fingerprint density at radius 1 is 1.36 bits per heavy atom. The van der Waals surface area contributed by atoms with Gasteiger partial charge in [0.05, 0.1) is 35.9 Å². The minimum atomic E-state index is -0.964. The number of rotatable bonds is 4. The van der Waals surface area contributed by atoms with E-state index in [2.05, 4.69) is 9.47 Å². The highest BCUT2D eigenvalue weighted by Gasteiger charge is 2.20. The summed E-state index contributed by atoms with van der Waals surface area (Å²) in [6.07, 6.45) is 0.242. The van der Waals surface area contributed by atoms with Gasteiger partial charge in [-0.25, -0.2) is 9.59 Å². The Balaban J connectivity index is 2.56. The zero-order valence-corrected chi connectivity index (χ0v) is 11.8. The van der Waals surface area contributed by atoms with Crippen LogP contribution in [-0.2, 0) is 9.47 Å². The van der Waals surface area contributed by atoms with Gasteiger partial charge in [-0.05, 0) is 13.0 Å². The molecule has 0 atom stereocenters. The van der Waals surface area contributed by atoms with Gasteiger partial charge < -0.3 is 14.3 Å². The van der Waals surface area contributed by atoms with Gasteiger partial charge >= 0.3 is 12.1 Å². The fourth-order valence-electron chi connectivity index (χ4n) is 1.87. The van der Waals surface area contributed by atoms with E-state index in [4.69, 9.17) is 4.84 Å². The molecule has 0 unspecified atom stereocenters. The summed E-state index contributed by atoms with van der Waals surface area (Å²) < 4.78 is 10.3. The SMILES string of the molecule is CCOC(=O)On1cc(C(=O)OC)c2cc([N+](=O)[O-])ccc21. The molecule has 0 amide bonds. The highest BCUT2D eigenvalue weighted by molar-refractivity contribution is 6.05. The van der Waals surface area contributed by atoms with Crippen LogP contribution in [0, 0.1) is 10.1 Å². The first-order valence-electron chi connectivity index (χ1n) is 6.20. The Kier molecular flexibility index (Phi) is 4.25. The maximum atomic E-state index is 11.8. The van der Waals surface area contributed by atoms with Gasteiger partial charge in [0.15, 0.2) is 0 Å². The maximum absolute atomic E-state index is 11.8. The average Bonchev–Trinajstić information content (AvgIpc) is 2.84. The molecule has 0 aliphatic rings. The van der Waals surface area contributed by atoms with Crippen molar-refractivity contribution in [2.75, 3.05) is 13.7 Å². The van der Waals surface area contributed by atoms with E-state index in [-0.39, 0.29) is 23.2 Å². The third-order valence-corrected chi connectivity index (χ3v) is 2.81. The van der Waals surface area contributed by atoms with Crippen LogP contribution in [0.4, 0.5) is 10.5 Å². The Morgan fingerprint density at radius 2 is 2.09 bits per heavy atom. The molecule has 0 N–H and O–H groups in total. The van der Waals surface area contributed by atoms with Crippen LogP contribution in [0.1, 0.15) is 17.3 Å². The second-order valence-corrected chi connectivity index (χ2v) is 4.09. The van der Waals surface area contributed by atoms with Crippen molar-refractivity contribution in [1.82, 2.24) is 4.73 Å². The Morgan fingerprint density at radius 3 is 2.68 bits per heavy atom. The monoisotopic (exact) mass is 308 g/mol. The first kappa shape index (κ1) is 15.3. The molecular formula is C13H12N2O7. The van der Waals surface area contributed by atoms with Gasteiger partial charge in [-0.1, -0.05) is 0 Å². The molecular weight excluding hydrogens is 296 g/mol. The first-order valence-corrected chi connectivity index (χ1v) is 6.20. The smallest absolute Gasteiger partial charge is 0.465 e. The number of ether oxygens (including phenoxy) is 2. The molecule has 116 valence electrons. The average molecular weight is 308 g/mol. The summed E-state index contributed by atoms with van der Waals surface area (Å²) in [5.74, 6) is -0.711. The van der Waals surface area contributed by atoms with Gasteiger partial charge in [-0.3, -0.25) is 10.1 Å². The maximum Gasteiger partial charge on any atom is 0.533 e. The van der Waals surface area contributed by atoms with Crippen LogP contribution in [0.5, 0.6) is 0 Å². The number of hydrogen-bond donors (Lipinski definition) is 0. The van der Waals surface area contributed by atoms with Crippen molar-refractivity contribution < 1.29 is 28.8 Å². The van der Waals surface area contributed by atoms with Crippen LogP contribution < -0.4 is 4.84 Å². The Bertz CT molecular complexity index is 750. The van der Waals surface area contributed by atoms with Crippen molar-refractivity contribution in [3.05, 3.63) is 40.1 Å². The number of carbonyl (C=O) groups is 2. The van der Waals surface area contributed by atoms with E-state index in [1.165, 1.54) is 31.5 Å². The number of nitro benzene ring substituents is 1. The fraction of sp³-hybridized carbons (Fsp3) is 0.231. The molecule has 2 rings (SSSR count). The molecule has 2 aromatic rings. The topological polar surface area (TPSA) is 110 Å². The summed E-state index contributed by atoms with van der Waals surface area (Å²) in [4.78, 5) is 38.3. The van der Waals surface area contributed by atoms with Crippen molar-refractivity contribution in [3.63, 3.8) is 0 Å². The zero-order chi connectivity index (χ0) is 16.3. The lowest BCUT2D eigenvalue weighted by Crippen LogP contribution is -2.20. The molecule has 0 saturated heterocycles. The molecule has 9 nitrogen and oxygen atoms in total. The van der Waals surface area contributed by atoms with Crippen LogP contribution in [0.2, 0.25) is 0 Å². The Labute approximate surface area is 124 Å². The normalized spacial score (nSPS) is 10.3. The van der Waals surface area contributed by atoms with Crippen LogP contribution in [0.25, 0.3) is 10.9 Å². The summed E-state index contributed by atoms with van der Waals surface area (Å²) in [5.41, 5.74) is 0.121. The van der Waals surface area contributed by atoms with Crippen LogP contribution >= 0.6 is 0 Å². The third-order valence-electron chi connectivity index (χ3n) is 2.81. The highest BCUT2D eigenvalue weighted by Crippen LogP contribution is 2.26. The molecule has 0 spiro atoms. The minimum absolute atomic E-state index is 0.0329. The van der Waals surface area contributed by atoms with E-state index >= 15 is 0 Å². The number of benzene rings is 1. The van der Waals surface area contributed by atoms with Crippen LogP contribution in [0.15, 0.2) is 24.4 Å². The van der Waals surface area contributed by atoms with Gasteiger partial charge in [0, 0.05) is 17.5 Å². The zero-order valence-electron chi connectivity index (χ0n) is 11.8. The number of nitrogens with zero attached hydrogens (tertiary/aromatic N) is 2. The van der Waals surface area contributed by atoms with Crippen molar-refractivity contribution >= 4 is 28.7 Å². The van der Waals surface area contributed by atoms with Crippen LogP contribution in [0.3, 0.4) is 0 Å². The molecule has 0 bridgehead atoms. The molecule has 0 radical (unpaired) electrons. The predicted octanol–water partition coefficient (Wildman–Crippen LogP) is 1.92. The van der Waals surface area contributed by atoms with Crippen LogP contribution in [-0.4, -0.2) is 35.5 Å². The van der Waals surface area contributed by atoms with Crippen molar-refractivity contribution in [3.8, 4) is 0 Å². The van der Waals surface area contributed by atoms with Crippen molar-refractivity contribution in [2.24, 2.45) is 0 Å². The third kappa shape index (κ3) is 2.82. The molecule has 1 aromatic carbocycles. The van der Waals surface area contributed by atoms with E-state index in [1.807, 2.05) is 0 Å². The summed E-state index contributed by atoms with van der Waals surface area (Å²) in [6.45, 7) is 1.73. The molecule has 1 heterocycles. The van der Waals surface area contributed by atoms with E-state index in [1.54, 1.807) is 6.92 Å². The largest absolute Gasteiger partial charge is 0.533 e. The van der Waals surface area contributed by atoms with Gasteiger partial charge in [-0.2, -0.15) is 4.73 Å². The summed E-state index contributed by atoms with van der Waals surface area (Å²) >= 11 is 0. The Hall–Kier alpha value is -3.10. The number of esters is 1. The molecule has 1 aromatic heterocycles. The molecule has 22 heavy (non-hydrogen) atoms. The molecule has 9 heteroatoms. The second kappa shape index (κ2) is 6.12. The minimum Gasteiger partial charge on any atom is -0.465 e. The summed E-state index contributed by atoms with van der Waals surface area (Å²) in [6, 6.07) is 3.79. The van der Waals surface area contributed by atoms with Crippen molar-refractivity contribution in [1.29, 1.82) is 0 Å². The number of hydrogen-bond acceptors (Lipinski definition) is 7. The van der Waals surface area contributed by atoms with E-state index in [0.29, 0.717) is 5.52 Å². The van der Waals surface area contributed by atoms with Gasteiger partial charge in [-0.15, -0.1) is 0 Å². The predicted molar refractivity (Wildman–Crippen MR) is 73.5 cm³/mol. The van der Waals surface area contributed by atoms with E-state index < -0.39 is 17.0 Å². The second-order valence-electron chi connectivity index (χ2n) is 4.09. The number of methoxy groups -OCH3 is 1. The molecule has 0 aliphatic carbocycles. The van der Waals surface area contributed by atoms with Gasteiger partial charge in [0.2, 0.25) is 0 Å². The lowest BCUT2D eigenvalue weighted by molar-refractivity contribution is -0.384. The van der Waals surface area contributed by atoms with E-state index in [9.17, 15) is 19.7 Å². The lowest BCUT2D eigenvalue weighted by Gasteiger charge is -2.05. The highest BCUT2D eigenvalue weighted by atomic mass is 16.8. The quantitative estimate of drug-likeness (QED) is 0.482. The van der Waals surface area contributed by atoms with Crippen molar-refractivity contribution in [2.45, 2.75) is 6.92 Å². The van der Waals surface area contributed by atoms with E-state index in [0.717, 1.165) is 4.73 Å². The number of fused-ring (bicyclic) bond motifs is 1. The molecule has 0 aliphatic heterocycles. The summed E-state index contributed by atoms with van der Waals surface area (Å²) in [7, 11) is 1.18. The fourth-order valence-corrected chi connectivity index (χ4v) is 1.87. The van der Waals surface area contributed by atoms with Gasteiger partial charge in [0.25, 0.3) is 5.69 Å². The lowest BCUT2D eigenvalue weighted by atomic mass is 10.1. The number of aromatic nitrogens is 1. The summed E-state index contributed by atoms with van der Waals surface area (Å²) in [5, 5.41) is 11.1. The standard InChI is InChI=1S/C13H12N2O7/c1-3-21-13(17)22-14-7-10(12(16)20-2)9-6-8(15(18)19)4-5-11(9)14/h4-7H,3H2,1-2H3. The molecule has 0 saturated carbocycles. The van der Waals surface area contributed by atoms with Gasteiger partial charge in [0.1, 0.15) is 0 Å². The number of nitro groups is 1. The number of non-ortho nitro benzene ring substituents is 1.